The van der Waals surface area contributed by atoms with Crippen molar-refractivity contribution in [3.63, 3.8) is 0 Å². The molecule has 0 atom stereocenters. The Bertz CT molecular complexity index is 804. The summed E-state index contributed by atoms with van der Waals surface area (Å²) in [5.41, 5.74) is 1.70. The maximum atomic E-state index is 6.22. The molecule has 1 N–H and O–H groups in total. The zero-order chi connectivity index (χ0) is 16.4. The zero-order valence-corrected chi connectivity index (χ0v) is 14.5. The van der Waals surface area contributed by atoms with Crippen LogP contribution >= 0.6 is 23.2 Å². The Morgan fingerprint density at radius 2 is 1.96 bits per heavy atom. The predicted molar refractivity (Wildman–Crippen MR) is 96.6 cm³/mol. The van der Waals surface area contributed by atoms with Gasteiger partial charge in [-0.1, -0.05) is 43.1 Å². The van der Waals surface area contributed by atoms with Gasteiger partial charge in [-0.3, -0.25) is 4.57 Å². The second-order valence-corrected chi connectivity index (χ2v) is 6.66. The van der Waals surface area contributed by atoms with Crippen LogP contribution in [0.2, 0.25) is 10.0 Å². The average Bonchev–Trinajstić information content (AvgIpc) is 2.93. The molecule has 0 saturated carbocycles. The molecule has 3 rings (SSSR count). The Kier molecular flexibility index (Phi) is 4.66. The second kappa shape index (κ2) is 6.70. The van der Waals surface area contributed by atoms with Gasteiger partial charge in [-0.25, -0.2) is 4.98 Å². The molecule has 0 bridgehead atoms. The summed E-state index contributed by atoms with van der Waals surface area (Å²) in [5.74, 6) is 1.32. The normalized spacial score (nSPS) is 11.0. The number of benzene rings is 1. The fourth-order valence-electron chi connectivity index (χ4n) is 2.38. The first-order chi connectivity index (χ1) is 11.1. The number of nitrogens with zero attached hydrogens (tertiary/aromatic N) is 2. The summed E-state index contributed by atoms with van der Waals surface area (Å²) in [6, 6.07) is 10.5. The molecule has 0 amide bonds. The highest BCUT2D eigenvalue weighted by molar-refractivity contribution is 6.39. The van der Waals surface area contributed by atoms with Crippen LogP contribution in [0.25, 0.3) is 10.9 Å². The van der Waals surface area contributed by atoms with Crippen LogP contribution in [0.5, 0.6) is 0 Å². The number of rotatable bonds is 5. The van der Waals surface area contributed by atoms with Gasteiger partial charge in [-0.05, 0) is 36.6 Å². The number of hydrogen-bond donors (Lipinski definition) is 1. The third-order valence-corrected chi connectivity index (χ3v) is 4.30. The molecule has 23 heavy (non-hydrogen) atoms. The molecular formula is C18H17Cl2N3. The van der Waals surface area contributed by atoms with Crippen LogP contribution in [0, 0.1) is 18.2 Å². The van der Waals surface area contributed by atoms with Gasteiger partial charge in [-0.2, -0.15) is 0 Å². The van der Waals surface area contributed by atoms with E-state index in [2.05, 4.69) is 41.0 Å². The lowest BCUT2D eigenvalue weighted by atomic mass is 10.1. The first-order valence-corrected chi connectivity index (χ1v) is 8.31. The Morgan fingerprint density at radius 1 is 1.22 bits per heavy atom. The number of fused-ring (bicyclic) bond motifs is 1. The quantitative estimate of drug-likeness (QED) is 0.639. The molecular weight excluding hydrogens is 329 g/mol. The van der Waals surface area contributed by atoms with Crippen LogP contribution in [0.4, 0.5) is 11.5 Å². The van der Waals surface area contributed by atoms with Crippen molar-refractivity contribution in [2.75, 3.05) is 5.32 Å². The molecule has 3 nitrogen and oxygen atoms in total. The summed E-state index contributed by atoms with van der Waals surface area (Å²) < 4.78 is 2.08. The molecule has 0 aliphatic carbocycles. The summed E-state index contributed by atoms with van der Waals surface area (Å²) in [7, 11) is 0. The SMILES string of the molecule is CC(C)CCn1c#cc2c(Nc3c(Cl)cccc3Cl)nccc21. The molecule has 2 aromatic heterocycles. The fourth-order valence-corrected chi connectivity index (χ4v) is 2.87. The number of aromatic nitrogens is 2. The molecule has 5 heteroatoms. The van der Waals surface area contributed by atoms with Gasteiger partial charge in [0.25, 0.3) is 0 Å². The Hall–Kier alpha value is -1.89. The van der Waals surface area contributed by atoms with E-state index < -0.39 is 0 Å². The fraction of sp³-hybridized carbons (Fsp3) is 0.278. The van der Waals surface area contributed by atoms with Gasteiger partial charge in [0.1, 0.15) is 5.82 Å². The molecule has 0 unspecified atom stereocenters. The van der Waals surface area contributed by atoms with E-state index in [1.54, 1.807) is 18.3 Å². The number of pyridine rings is 1. The van der Waals surface area contributed by atoms with Crippen LogP contribution in [-0.2, 0) is 6.54 Å². The van der Waals surface area contributed by atoms with Gasteiger partial charge in [0.2, 0.25) is 0 Å². The van der Waals surface area contributed by atoms with Gasteiger partial charge < -0.3 is 5.32 Å². The number of aryl methyl sites for hydroxylation is 1. The Morgan fingerprint density at radius 3 is 2.65 bits per heavy atom. The smallest absolute Gasteiger partial charge is 0.148 e. The van der Waals surface area contributed by atoms with Gasteiger partial charge in [0.05, 0.1) is 26.6 Å². The van der Waals surface area contributed by atoms with Gasteiger partial charge in [0, 0.05) is 18.9 Å². The average molecular weight is 346 g/mol. The van der Waals surface area contributed by atoms with Crippen LogP contribution in [0.3, 0.4) is 0 Å². The number of para-hydroxylation sites is 1. The van der Waals surface area contributed by atoms with Gasteiger partial charge in [-0.15, -0.1) is 0 Å². The summed E-state index contributed by atoms with van der Waals surface area (Å²) in [5, 5.41) is 5.21. The lowest BCUT2D eigenvalue weighted by Gasteiger charge is -2.11. The van der Waals surface area contributed by atoms with Crippen molar-refractivity contribution in [1.82, 2.24) is 9.55 Å². The molecule has 0 fully saturated rings. The largest absolute Gasteiger partial charge is 0.337 e. The van der Waals surface area contributed by atoms with Crippen LogP contribution in [0.1, 0.15) is 20.3 Å². The standard InChI is InChI=1S/C18H17Cl2N3/c1-12(2)7-10-23-11-8-13-16(23)6-9-21-18(13)22-17-14(19)4-3-5-15(17)20/h3-6,9,12H,7,10H2,1-2H3,(H,21,22). The molecule has 1 aromatic carbocycles. The first-order valence-electron chi connectivity index (χ1n) is 7.55. The lowest BCUT2D eigenvalue weighted by Crippen LogP contribution is -2.01. The van der Waals surface area contributed by atoms with Crippen molar-refractivity contribution >= 4 is 45.6 Å². The molecule has 0 aliphatic rings. The van der Waals surface area contributed by atoms with Crippen molar-refractivity contribution < 1.29 is 0 Å². The maximum Gasteiger partial charge on any atom is 0.148 e. The topological polar surface area (TPSA) is 29.9 Å². The number of hydrogen-bond acceptors (Lipinski definition) is 2. The van der Waals surface area contributed by atoms with Crippen LogP contribution in [0.15, 0.2) is 30.5 Å². The summed E-state index contributed by atoms with van der Waals surface area (Å²) in [6.45, 7) is 5.33. The summed E-state index contributed by atoms with van der Waals surface area (Å²) in [4.78, 5) is 4.40. The van der Waals surface area contributed by atoms with Crippen molar-refractivity contribution in [1.29, 1.82) is 0 Å². The minimum Gasteiger partial charge on any atom is -0.337 e. The third kappa shape index (κ3) is 3.39. The minimum atomic E-state index is 0.555. The van der Waals surface area contributed by atoms with Crippen molar-refractivity contribution in [3.05, 3.63) is 52.8 Å². The maximum absolute atomic E-state index is 6.22. The van der Waals surface area contributed by atoms with Crippen molar-refractivity contribution in [2.24, 2.45) is 5.92 Å². The Balaban J connectivity index is 1.96. The highest BCUT2D eigenvalue weighted by atomic mass is 35.5. The van der Waals surface area contributed by atoms with E-state index in [4.69, 9.17) is 23.2 Å². The van der Waals surface area contributed by atoms with E-state index in [-0.39, 0.29) is 0 Å². The predicted octanol–water partition coefficient (Wildman–Crippen LogP) is 5.73. The van der Waals surface area contributed by atoms with E-state index in [1.807, 2.05) is 12.1 Å². The van der Waals surface area contributed by atoms with E-state index in [9.17, 15) is 0 Å². The molecule has 0 spiro atoms. The van der Waals surface area contributed by atoms with Gasteiger partial charge >= 0.3 is 0 Å². The number of halogens is 2. The van der Waals surface area contributed by atoms with Gasteiger partial charge in [0.15, 0.2) is 0 Å². The molecule has 0 saturated heterocycles. The minimum absolute atomic E-state index is 0.555. The number of anilines is 2. The number of nitrogens with one attached hydrogen (secondary N) is 1. The molecule has 3 aromatic rings. The van der Waals surface area contributed by atoms with Crippen LogP contribution < -0.4 is 5.32 Å². The van der Waals surface area contributed by atoms with E-state index in [1.165, 1.54) is 0 Å². The third-order valence-electron chi connectivity index (χ3n) is 3.67. The van der Waals surface area contributed by atoms with Crippen molar-refractivity contribution in [3.8, 4) is 0 Å². The highest BCUT2D eigenvalue weighted by Crippen LogP contribution is 2.33. The Labute approximate surface area is 146 Å². The first kappa shape index (κ1) is 16.0. The molecule has 0 aliphatic heterocycles. The van der Waals surface area contributed by atoms with Crippen LogP contribution in [-0.4, -0.2) is 9.55 Å². The lowest BCUT2D eigenvalue weighted by molar-refractivity contribution is 0.524. The van der Waals surface area contributed by atoms with E-state index >= 15 is 0 Å². The molecule has 0 radical (unpaired) electrons. The highest BCUT2D eigenvalue weighted by Gasteiger charge is 2.11. The van der Waals surface area contributed by atoms with E-state index in [0.29, 0.717) is 27.5 Å². The molecule has 118 valence electrons. The monoisotopic (exact) mass is 345 g/mol. The van der Waals surface area contributed by atoms with Crippen molar-refractivity contribution in [2.45, 2.75) is 26.8 Å². The zero-order valence-electron chi connectivity index (χ0n) is 13.0. The summed E-state index contributed by atoms with van der Waals surface area (Å²) in [6.07, 6.45) is 6.03. The second-order valence-electron chi connectivity index (χ2n) is 5.85. The van der Waals surface area contributed by atoms with E-state index in [0.717, 1.165) is 23.9 Å². The summed E-state index contributed by atoms with van der Waals surface area (Å²) >= 11 is 12.4. The molecule has 2 heterocycles.